The lowest BCUT2D eigenvalue weighted by Crippen LogP contribution is -2.11. The van der Waals surface area contributed by atoms with E-state index in [2.05, 4.69) is 45.2 Å². The molecule has 0 aliphatic rings. The van der Waals surface area contributed by atoms with E-state index in [1.807, 2.05) is 24.3 Å². The van der Waals surface area contributed by atoms with Gasteiger partial charge >= 0.3 is 0 Å². The predicted octanol–water partition coefficient (Wildman–Crippen LogP) is 4.51. The van der Waals surface area contributed by atoms with Crippen LogP contribution in [0.3, 0.4) is 0 Å². The average Bonchev–Trinajstić information content (AvgIpc) is 2.62. The zero-order valence-corrected chi connectivity index (χ0v) is 20.3. The largest absolute Gasteiger partial charge is 0.492 e. The molecule has 2 aromatic carbocycles. The molecule has 0 aromatic heterocycles. The lowest BCUT2D eigenvalue weighted by atomic mass is 10.2. The number of hydrogen-bond donors (Lipinski definition) is 4. The number of nitrogens with two attached hydrogens (primary N) is 2. The summed E-state index contributed by atoms with van der Waals surface area (Å²) in [6.07, 6.45) is 2.88. The Bertz CT molecular complexity index is 766. The Morgan fingerprint density at radius 1 is 0.750 bits per heavy atom. The molecule has 0 radical (unpaired) electrons. The summed E-state index contributed by atoms with van der Waals surface area (Å²) in [7, 11) is 0. The van der Waals surface area contributed by atoms with E-state index >= 15 is 0 Å². The van der Waals surface area contributed by atoms with Gasteiger partial charge in [0.2, 0.25) is 0 Å². The molecule has 0 aliphatic heterocycles. The van der Waals surface area contributed by atoms with E-state index in [0.29, 0.717) is 24.3 Å². The Morgan fingerprint density at radius 3 is 1.46 bits per heavy atom. The van der Waals surface area contributed by atoms with Gasteiger partial charge in [-0.05, 0) is 101 Å². The lowest BCUT2D eigenvalue weighted by molar-refractivity contribution is 0.277. The number of rotatable bonds is 10. The SMILES string of the molecule is Cl.N=C(N)c1ccc(OCCCCCOc2ccc(C(=N)N)cc2I)c(I)c1. The zero-order chi connectivity index (χ0) is 19.8. The normalized spacial score (nSPS) is 10.1. The van der Waals surface area contributed by atoms with Crippen LogP contribution in [0.25, 0.3) is 0 Å². The molecule has 0 fully saturated rings. The van der Waals surface area contributed by atoms with Crippen molar-refractivity contribution in [2.24, 2.45) is 11.5 Å². The molecule has 0 unspecified atom stereocenters. The number of benzene rings is 2. The van der Waals surface area contributed by atoms with Crippen LogP contribution in [0.2, 0.25) is 0 Å². The summed E-state index contributed by atoms with van der Waals surface area (Å²) < 4.78 is 13.5. The molecule has 0 saturated carbocycles. The highest BCUT2D eigenvalue weighted by Gasteiger charge is 2.06. The monoisotopic (exact) mass is 628 g/mol. The van der Waals surface area contributed by atoms with E-state index in [1.54, 1.807) is 12.1 Å². The highest BCUT2D eigenvalue weighted by atomic mass is 127. The van der Waals surface area contributed by atoms with Gasteiger partial charge in [0.1, 0.15) is 23.2 Å². The first-order valence-corrected chi connectivity index (χ1v) is 10.6. The molecule has 0 atom stereocenters. The summed E-state index contributed by atoms with van der Waals surface area (Å²) in [6, 6.07) is 11.0. The van der Waals surface area contributed by atoms with Gasteiger partial charge < -0.3 is 20.9 Å². The number of unbranched alkanes of at least 4 members (excludes halogenated alkanes) is 2. The van der Waals surface area contributed by atoms with Crippen molar-refractivity contribution in [3.05, 3.63) is 54.7 Å². The van der Waals surface area contributed by atoms with Crippen LogP contribution < -0.4 is 20.9 Å². The summed E-state index contributed by atoms with van der Waals surface area (Å²) in [5.41, 5.74) is 12.4. The van der Waals surface area contributed by atoms with Gasteiger partial charge in [0, 0.05) is 11.1 Å². The number of hydrogen-bond acceptors (Lipinski definition) is 4. The van der Waals surface area contributed by atoms with Gasteiger partial charge in [0.15, 0.2) is 0 Å². The van der Waals surface area contributed by atoms with Gasteiger partial charge in [0.25, 0.3) is 0 Å². The molecular formula is C19H23ClI2N4O2. The average molecular weight is 629 g/mol. The van der Waals surface area contributed by atoms with Crippen LogP contribution in [0.1, 0.15) is 30.4 Å². The molecule has 6 nitrogen and oxygen atoms in total. The number of nitrogens with one attached hydrogen (secondary N) is 2. The first-order chi connectivity index (χ1) is 12.9. The van der Waals surface area contributed by atoms with Gasteiger partial charge in [0.05, 0.1) is 20.4 Å². The molecule has 0 spiro atoms. The topological polar surface area (TPSA) is 118 Å². The van der Waals surface area contributed by atoms with Crippen LogP contribution in [0.4, 0.5) is 0 Å². The van der Waals surface area contributed by atoms with Gasteiger partial charge in [-0.2, -0.15) is 0 Å². The second kappa shape index (κ2) is 12.3. The molecule has 152 valence electrons. The predicted molar refractivity (Wildman–Crippen MR) is 132 cm³/mol. The Labute approximate surface area is 198 Å². The summed E-state index contributed by atoms with van der Waals surface area (Å²) in [6.45, 7) is 1.28. The first kappa shape index (κ1) is 24.8. The highest BCUT2D eigenvalue weighted by molar-refractivity contribution is 14.1. The third-order valence-electron chi connectivity index (χ3n) is 3.79. The van der Waals surface area contributed by atoms with Crippen LogP contribution in [0.15, 0.2) is 36.4 Å². The first-order valence-electron chi connectivity index (χ1n) is 8.42. The molecule has 0 heterocycles. The minimum atomic E-state index is 0. The third kappa shape index (κ3) is 7.63. The Balaban J connectivity index is 0.00000392. The maximum Gasteiger partial charge on any atom is 0.132 e. The minimum absolute atomic E-state index is 0. The Kier molecular flexibility index (Phi) is 10.9. The van der Waals surface area contributed by atoms with Gasteiger partial charge in [-0.1, -0.05) is 0 Å². The lowest BCUT2D eigenvalue weighted by Gasteiger charge is -2.11. The fourth-order valence-electron chi connectivity index (χ4n) is 2.32. The highest BCUT2D eigenvalue weighted by Crippen LogP contribution is 2.23. The number of halogens is 3. The smallest absolute Gasteiger partial charge is 0.132 e. The van der Waals surface area contributed by atoms with Crippen molar-refractivity contribution in [1.82, 2.24) is 0 Å². The molecule has 0 aliphatic carbocycles. The van der Waals surface area contributed by atoms with E-state index < -0.39 is 0 Å². The molecule has 0 amide bonds. The van der Waals surface area contributed by atoms with Crippen LogP contribution in [-0.2, 0) is 0 Å². The van der Waals surface area contributed by atoms with Gasteiger partial charge in [-0.15, -0.1) is 12.4 Å². The fourth-order valence-corrected chi connectivity index (χ4v) is 3.66. The standard InChI is InChI=1S/C19H22I2N4O2.ClH/c20-14-10-12(18(22)23)4-6-16(14)26-8-2-1-3-9-27-17-7-5-13(19(24)25)11-15(17)21;/h4-7,10-11H,1-3,8-9H2,(H3,22,23)(H3,24,25);1H. The summed E-state index contributed by atoms with van der Waals surface area (Å²) >= 11 is 4.38. The number of amidine groups is 2. The van der Waals surface area contributed by atoms with Crippen LogP contribution in [0, 0.1) is 18.0 Å². The van der Waals surface area contributed by atoms with Crippen LogP contribution in [0.5, 0.6) is 11.5 Å². The van der Waals surface area contributed by atoms with Crippen molar-refractivity contribution in [2.45, 2.75) is 19.3 Å². The van der Waals surface area contributed by atoms with Crippen molar-refractivity contribution in [3.8, 4) is 11.5 Å². The summed E-state index contributed by atoms with van der Waals surface area (Å²) in [5.74, 6) is 1.75. The van der Waals surface area contributed by atoms with E-state index in [9.17, 15) is 0 Å². The zero-order valence-electron chi connectivity index (χ0n) is 15.1. The van der Waals surface area contributed by atoms with Crippen LogP contribution in [-0.4, -0.2) is 24.9 Å². The molecule has 28 heavy (non-hydrogen) atoms. The molecule has 0 saturated heterocycles. The second-order valence-corrected chi connectivity index (χ2v) is 8.20. The van der Waals surface area contributed by atoms with Gasteiger partial charge in [-0.25, -0.2) is 0 Å². The van der Waals surface area contributed by atoms with E-state index in [0.717, 1.165) is 37.9 Å². The minimum Gasteiger partial charge on any atom is -0.492 e. The van der Waals surface area contributed by atoms with E-state index in [1.165, 1.54) is 0 Å². The molecule has 9 heteroatoms. The second-order valence-electron chi connectivity index (χ2n) is 5.88. The van der Waals surface area contributed by atoms with Crippen molar-refractivity contribution >= 4 is 69.3 Å². The van der Waals surface area contributed by atoms with E-state index in [4.69, 9.17) is 31.8 Å². The van der Waals surface area contributed by atoms with E-state index in [-0.39, 0.29) is 24.1 Å². The van der Waals surface area contributed by atoms with Crippen LogP contribution >= 0.6 is 57.6 Å². The quantitative estimate of drug-likeness (QED) is 0.134. The Morgan fingerprint density at radius 2 is 1.14 bits per heavy atom. The van der Waals surface area contributed by atoms with Crippen molar-refractivity contribution in [3.63, 3.8) is 0 Å². The van der Waals surface area contributed by atoms with Crippen molar-refractivity contribution in [2.75, 3.05) is 13.2 Å². The molecule has 6 N–H and O–H groups in total. The van der Waals surface area contributed by atoms with Gasteiger partial charge in [-0.3, -0.25) is 10.8 Å². The summed E-state index contributed by atoms with van der Waals surface area (Å²) in [4.78, 5) is 0. The number of ether oxygens (including phenoxy) is 2. The molecular weight excluding hydrogens is 605 g/mol. The Hall–Kier alpha value is -1.27. The molecule has 0 bridgehead atoms. The maximum atomic E-state index is 7.45. The molecule has 2 rings (SSSR count). The maximum absolute atomic E-state index is 7.45. The summed E-state index contributed by atoms with van der Waals surface area (Å²) in [5, 5.41) is 14.9. The molecule has 2 aromatic rings. The number of nitrogen functional groups attached to an aromatic ring is 2. The fraction of sp³-hybridized carbons (Fsp3) is 0.263. The third-order valence-corrected chi connectivity index (χ3v) is 5.48. The van der Waals surface area contributed by atoms with Crippen molar-refractivity contribution < 1.29 is 9.47 Å². The van der Waals surface area contributed by atoms with Crippen molar-refractivity contribution in [1.29, 1.82) is 10.8 Å².